The summed E-state index contributed by atoms with van der Waals surface area (Å²) in [6.45, 7) is 6.87. The van der Waals surface area contributed by atoms with Gasteiger partial charge < -0.3 is 39.4 Å². The first-order chi connectivity index (χ1) is 22.7. The summed E-state index contributed by atoms with van der Waals surface area (Å²) in [7, 11) is 1.61. The Balaban J connectivity index is 1.37. The van der Waals surface area contributed by atoms with Crippen molar-refractivity contribution in [1.29, 1.82) is 0 Å². The fraction of sp³-hybridized carbons (Fsp3) is 0.543. The van der Waals surface area contributed by atoms with Gasteiger partial charge in [-0.3, -0.25) is 14.4 Å². The van der Waals surface area contributed by atoms with Crippen LogP contribution in [0.4, 0.5) is 4.79 Å². The van der Waals surface area contributed by atoms with Crippen molar-refractivity contribution >= 4 is 23.8 Å². The number of alkyl carbamates (subject to hydrolysis) is 1. The number of ketones is 1. The lowest BCUT2D eigenvalue weighted by Crippen LogP contribution is -2.45. The van der Waals surface area contributed by atoms with Gasteiger partial charge in [0.15, 0.2) is 5.78 Å². The lowest BCUT2D eigenvalue weighted by atomic mass is 9.90. The van der Waals surface area contributed by atoms with Crippen molar-refractivity contribution in [2.45, 2.75) is 45.1 Å². The van der Waals surface area contributed by atoms with E-state index < -0.39 is 29.8 Å². The highest BCUT2D eigenvalue weighted by atomic mass is 16.6. The highest BCUT2D eigenvalue weighted by Gasteiger charge is 2.32. The molecule has 1 aliphatic carbocycles. The lowest BCUT2D eigenvalue weighted by molar-refractivity contribution is -0.144. The maximum Gasteiger partial charge on any atom is 0.407 e. The first-order valence-corrected chi connectivity index (χ1v) is 16.1. The minimum absolute atomic E-state index is 0.0240. The summed E-state index contributed by atoms with van der Waals surface area (Å²) in [5.41, 5.74) is 4.35. The van der Waals surface area contributed by atoms with Gasteiger partial charge in [0.2, 0.25) is 5.91 Å². The van der Waals surface area contributed by atoms with Gasteiger partial charge in [-0.2, -0.15) is 0 Å². The summed E-state index contributed by atoms with van der Waals surface area (Å²) >= 11 is 0. The Labute approximate surface area is 276 Å². The van der Waals surface area contributed by atoms with Crippen LogP contribution < -0.4 is 10.6 Å². The molecule has 0 spiro atoms. The maximum atomic E-state index is 13.2. The molecule has 2 amide bonds. The Kier molecular flexibility index (Phi) is 16.3. The average Bonchev–Trinajstić information content (AvgIpc) is 3.38. The number of amides is 2. The number of hydrogen-bond acceptors (Lipinski definition) is 9. The molecule has 0 bridgehead atoms. The zero-order valence-electron chi connectivity index (χ0n) is 27.5. The predicted molar refractivity (Wildman–Crippen MR) is 174 cm³/mol. The largest absolute Gasteiger partial charge is 0.481 e. The van der Waals surface area contributed by atoms with E-state index in [0.717, 1.165) is 22.3 Å². The Morgan fingerprint density at radius 3 is 1.91 bits per heavy atom. The SMILES string of the molecule is COCCOCCOCCOCCNC(=O)CC[C@H](CC(=O)[C@@H](NC(=O)OCC1c2ccccc2-c2ccccc21)C(C)C)C(=O)O. The van der Waals surface area contributed by atoms with Crippen LogP contribution in [0.5, 0.6) is 0 Å². The molecule has 2 aromatic carbocycles. The zero-order chi connectivity index (χ0) is 34.0. The van der Waals surface area contributed by atoms with Crippen LogP contribution in [0.1, 0.15) is 50.2 Å². The molecule has 2 atom stereocenters. The van der Waals surface area contributed by atoms with Crippen LogP contribution in [0, 0.1) is 11.8 Å². The Morgan fingerprint density at radius 2 is 1.36 bits per heavy atom. The minimum Gasteiger partial charge on any atom is -0.481 e. The van der Waals surface area contributed by atoms with Gasteiger partial charge in [0, 0.05) is 32.4 Å². The van der Waals surface area contributed by atoms with Crippen molar-refractivity contribution < 1.29 is 48.0 Å². The maximum absolute atomic E-state index is 13.2. The molecule has 3 N–H and O–H groups in total. The molecule has 0 saturated heterocycles. The second-order valence-electron chi connectivity index (χ2n) is 11.6. The fourth-order valence-corrected chi connectivity index (χ4v) is 5.41. The normalized spacial score (nSPS) is 13.4. The van der Waals surface area contributed by atoms with Crippen molar-refractivity contribution in [3.8, 4) is 11.1 Å². The molecule has 47 heavy (non-hydrogen) atoms. The first kappa shape index (κ1) is 37.6. The number of carboxylic acid groups (broad SMARTS) is 1. The van der Waals surface area contributed by atoms with Gasteiger partial charge in [0.05, 0.1) is 58.2 Å². The van der Waals surface area contributed by atoms with Crippen LogP contribution in [-0.4, -0.2) is 101 Å². The van der Waals surface area contributed by atoms with Crippen molar-refractivity contribution in [1.82, 2.24) is 10.6 Å². The van der Waals surface area contributed by atoms with Gasteiger partial charge in [0.25, 0.3) is 0 Å². The monoisotopic (exact) mass is 656 g/mol. The van der Waals surface area contributed by atoms with Crippen LogP contribution in [-0.2, 0) is 38.1 Å². The summed E-state index contributed by atoms with van der Waals surface area (Å²) in [5.74, 6) is -3.47. The van der Waals surface area contributed by atoms with Crippen molar-refractivity contribution in [3.63, 3.8) is 0 Å². The standard InChI is InChI=1S/C35H48N2O10/c1-24(2)33(37-35(42)47-23-30-28-10-6-4-8-26(28)27-9-5-7-11-29(27)30)31(38)22-25(34(40)41)12-13-32(39)36-14-15-44-18-19-46-21-20-45-17-16-43-3/h4-11,24-25,30,33H,12-23H2,1-3H3,(H,36,39)(H,37,42)(H,40,41)/t25-,33+/m1/s1. The fourth-order valence-electron chi connectivity index (χ4n) is 5.41. The van der Waals surface area contributed by atoms with Gasteiger partial charge in [-0.05, 0) is 34.6 Å². The molecule has 1 aliphatic rings. The third-order valence-electron chi connectivity index (χ3n) is 7.89. The molecule has 258 valence electrons. The molecule has 2 aromatic rings. The molecule has 3 rings (SSSR count). The number of carbonyl (C=O) groups excluding carboxylic acids is 3. The predicted octanol–water partition coefficient (Wildman–Crippen LogP) is 3.80. The van der Waals surface area contributed by atoms with Crippen LogP contribution in [0.25, 0.3) is 11.1 Å². The van der Waals surface area contributed by atoms with E-state index in [1.807, 2.05) is 48.5 Å². The Hall–Kier alpha value is -3.84. The van der Waals surface area contributed by atoms with Crippen LogP contribution in [0.2, 0.25) is 0 Å². The number of rotatable bonds is 23. The van der Waals surface area contributed by atoms with E-state index in [0.29, 0.717) is 39.6 Å². The highest BCUT2D eigenvalue weighted by molar-refractivity contribution is 5.90. The van der Waals surface area contributed by atoms with Crippen molar-refractivity contribution in [2.75, 3.05) is 66.5 Å². The van der Waals surface area contributed by atoms with Gasteiger partial charge in [-0.1, -0.05) is 62.4 Å². The number of Topliss-reactive ketones (excluding diaryl/α,β-unsaturated/α-hetero) is 1. The molecule has 0 fully saturated rings. The van der Waals surface area contributed by atoms with E-state index in [1.54, 1.807) is 21.0 Å². The summed E-state index contributed by atoms with van der Waals surface area (Å²) < 4.78 is 26.6. The molecule has 0 unspecified atom stereocenters. The summed E-state index contributed by atoms with van der Waals surface area (Å²) in [4.78, 5) is 50.3. The summed E-state index contributed by atoms with van der Waals surface area (Å²) in [5, 5.41) is 15.1. The number of carboxylic acids is 1. The molecule has 0 saturated carbocycles. The number of ether oxygens (including phenoxy) is 5. The molecule has 0 aliphatic heterocycles. The number of aliphatic carboxylic acids is 1. The van der Waals surface area contributed by atoms with Crippen LogP contribution >= 0.6 is 0 Å². The third kappa shape index (κ3) is 12.4. The highest BCUT2D eigenvalue weighted by Crippen LogP contribution is 2.44. The van der Waals surface area contributed by atoms with Crippen LogP contribution in [0.3, 0.4) is 0 Å². The number of nitrogens with one attached hydrogen (secondary N) is 2. The van der Waals surface area contributed by atoms with Gasteiger partial charge in [-0.25, -0.2) is 4.79 Å². The topological polar surface area (TPSA) is 159 Å². The Bertz CT molecular complexity index is 1260. The van der Waals surface area contributed by atoms with Gasteiger partial charge >= 0.3 is 12.1 Å². The second-order valence-corrected chi connectivity index (χ2v) is 11.6. The third-order valence-corrected chi connectivity index (χ3v) is 7.89. The summed E-state index contributed by atoms with van der Waals surface area (Å²) in [6.07, 6.45) is -1.16. The molecule has 12 nitrogen and oxygen atoms in total. The molecule has 0 heterocycles. The van der Waals surface area contributed by atoms with Gasteiger partial charge in [-0.15, -0.1) is 0 Å². The number of carbonyl (C=O) groups is 4. The number of benzene rings is 2. The smallest absolute Gasteiger partial charge is 0.407 e. The lowest BCUT2D eigenvalue weighted by Gasteiger charge is -2.23. The summed E-state index contributed by atoms with van der Waals surface area (Å²) in [6, 6.07) is 15.0. The van der Waals surface area contributed by atoms with E-state index in [9.17, 15) is 24.3 Å². The van der Waals surface area contributed by atoms with E-state index >= 15 is 0 Å². The van der Waals surface area contributed by atoms with E-state index in [2.05, 4.69) is 10.6 Å². The average molecular weight is 657 g/mol. The molecular formula is C35H48N2O10. The first-order valence-electron chi connectivity index (χ1n) is 16.1. The van der Waals surface area contributed by atoms with Gasteiger partial charge in [0.1, 0.15) is 6.61 Å². The molecule has 0 radical (unpaired) electrons. The number of methoxy groups -OCH3 is 1. The molecule has 12 heteroatoms. The number of hydrogen-bond donors (Lipinski definition) is 3. The minimum atomic E-state index is -1.18. The van der Waals surface area contributed by atoms with E-state index in [1.165, 1.54) is 0 Å². The zero-order valence-corrected chi connectivity index (χ0v) is 27.5. The molecule has 0 aromatic heterocycles. The quantitative estimate of drug-likeness (QED) is 0.150. The van der Waals surface area contributed by atoms with E-state index in [4.69, 9.17) is 23.7 Å². The van der Waals surface area contributed by atoms with E-state index in [-0.39, 0.29) is 56.8 Å². The second kappa shape index (κ2) is 20.4. The Morgan fingerprint density at radius 1 is 0.809 bits per heavy atom. The number of fused-ring (bicyclic) bond motifs is 3. The van der Waals surface area contributed by atoms with Crippen molar-refractivity contribution in [2.24, 2.45) is 11.8 Å². The van der Waals surface area contributed by atoms with Crippen LogP contribution in [0.15, 0.2) is 48.5 Å². The molecular weight excluding hydrogens is 608 g/mol. The van der Waals surface area contributed by atoms with Crippen molar-refractivity contribution in [3.05, 3.63) is 59.7 Å².